The molecule has 1 aliphatic heterocycles. The standard InChI is InChI=1S/C26H43NO2/c28-25(21-10-4-5-11-21)13-12-23-24-18-20(17-22(24)19-26(23)29)9-3-1-6-14-27-15-7-2-8-16-27/h9,12-13,21-26,28-29H,1-8,10-11,14-19H2/b13-12+,20-9+/t22-,23+,24-,25+,26+/m0/s1. The number of rotatable bonds is 8. The van der Waals surface area contributed by atoms with Crippen LogP contribution in [-0.2, 0) is 0 Å². The Kier molecular flexibility index (Phi) is 7.89. The smallest absolute Gasteiger partial charge is 0.0749 e. The minimum absolute atomic E-state index is 0.205. The summed E-state index contributed by atoms with van der Waals surface area (Å²) in [5.41, 5.74) is 1.64. The van der Waals surface area contributed by atoms with Gasteiger partial charge in [0.1, 0.15) is 0 Å². The molecule has 164 valence electrons. The maximum Gasteiger partial charge on any atom is 0.0749 e. The second-order valence-electron chi connectivity index (χ2n) is 10.4. The molecule has 4 rings (SSSR count). The lowest BCUT2D eigenvalue weighted by atomic mass is 9.89. The van der Waals surface area contributed by atoms with Crippen LogP contribution in [0.4, 0.5) is 0 Å². The van der Waals surface area contributed by atoms with Crippen molar-refractivity contribution >= 4 is 0 Å². The second-order valence-corrected chi connectivity index (χ2v) is 10.4. The van der Waals surface area contributed by atoms with E-state index in [2.05, 4.69) is 17.1 Å². The summed E-state index contributed by atoms with van der Waals surface area (Å²) in [6, 6.07) is 0. The van der Waals surface area contributed by atoms with Crippen molar-refractivity contribution in [3.8, 4) is 0 Å². The number of fused-ring (bicyclic) bond motifs is 1. The Bertz CT molecular complexity index is 559. The van der Waals surface area contributed by atoms with Gasteiger partial charge in [0.15, 0.2) is 0 Å². The maximum absolute atomic E-state index is 10.6. The van der Waals surface area contributed by atoms with Crippen molar-refractivity contribution in [1.29, 1.82) is 0 Å². The number of hydrogen-bond donors (Lipinski definition) is 2. The summed E-state index contributed by atoms with van der Waals surface area (Å²) in [6.07, 6.45) is 22.5. The number of aliphatic hydroxyl groups is 2. The van der Waals surface area contributed by atoms with Crippen molar-refractivity contribution in [2.45, 2.75) is 95.7 Å². The van der Waals surface area contributed by atoms with Crippen molar-refractivity contribution in [2.75, 3.05) is 19.6 Å². The monoisotopic (exact) mass is 401 g/mol. The average Bonchev–Trinajstić information content (AvgIpc) is 3.44. The Morgan fingerprint density at radius 2 is 1.79 bits per heavy atom. The number of allylic oxidation sites excluding steroid dienone is 2. The molecule has 1 saturated heterocycles. The van der Waals surface area contributed by atoms with Gasteiger partial charge in [-0.25, -0.2) is 0 Å². The first-order valence-electron chi connectivity index (χ1n) is 12.7. The number of piperidine rings is 1. The molecule has 1 heterocycles. The molecule has 4 aliphatic rings. The van der Waals surface area contributed by atoms with Gasteiger partial charge in [0, 0.05) is 5.92 Å². The predicted molar refractivity (Wildman–Crippen MR) is 120 cm³/mol. The van der Waals surface area contributed by atoms with E-state index in [-0.39, 0.29) is 18.1 Å². The molecule has 4 fully saturated rings. The summed E-state index contributed by atoms with van der Waals surface area (Å²) in [4.78, 5) is 2.65. The highest BCUT2D eigenvalue weighted by Gasteiger charge is 2.45. The first-order chi connectivity index (χ1) is 14.2. The fourth-order valence-electron chi connectivity index (χ4n) is 6.61. The number of unbranched alkanes of at least 4 members (excludes halogenated alkanes) is 2. The second kappa shape index (κ2) is 10.6. The number of hydrogen-bond acceptors (Lipinski definition) is 3. The van der Waals surface area contributed by atoms with Gasteiger partial charge in [0.2, 0.25) is 0 Å². The van der Waals surface area contributed by atoms with Gasteiger partial charge < -0.3 is 15.1 Å². The lowest BCUT2D eigenvalue weighted by Gasteiger charge is -2.26. The third-order valence-corrected chi connectivity index (χ3v) is 8.33. The highest BCUT2D eigenvalue weighted by Crippen LogP contribution is 2.50. The van der Waals surface area contributed by atoms with Gasteiger partial charge in [0.05, 0.1) is 12.2 Å². The van der Waals surface area contributed by atoms with Crippen molar-refractivity contribution in [3.63, 3.8) is 0 Å². The van der Waals surface area contributed by atoms with E-state index in [1.807, 2.05) is 6.08 Å². The van der Waals surface area contributed by atoms with Crippen LogP contribution in [0.15, 0.2) is 23.8 Å². The Morgan fingerprint density at radius 1 is 1.00 bits per heavy atom. The van der Waals surface area contributed by atoms with Gasteiger partial charge >= 0.3 is 0 Å². The molecule has 0 bridgehead atoms. The van der Waals surface area contributed by atoms with Crippen molar-refractivity contribution in [3.05, 3.63) is 23.8 Å². The summed E-state index contributed by atoms with van der Waals surface area (Å²) < 4.78 is 0. The van der Waals surface area contributed by atoms with E-state index in [0.717, 1.165) is 19.3 Å². The number of aliphatic hydroxyl groups excluding tert-OH is 2. The molecule has 3 heteroatoms. The minimum Gasteiger partial charge on any atom is -0.392 e. The van der Waals surface area contributed by atoms with Crippen LogP contribution in [0.1, 0.15) is 83.5 Å². The lowest BCUT2D eigenvalue weighted by Crippen LogP contribution is -2.30. The van der Waals surface area contributed by atoms with Crippen molar-refractivity contribution < 1.29 is 10.2 Å². The molecule has 0 aromatic carbocycles. The fourth-order valence-corrected chi connectivity index (χ4v) is 6.61. The quantitative estimate of drug-likeness (QED) is 0.440. The molecule has 0 unspecified atom stereocenters. The van der Waals surface area contributed by atoms with E-state index in [9.17, 15) is 10.2 Å². The van der Waals surface area contributed by atoms with E-state index in [1.165, 1.54) is 83.8 Å². The molecule has 0 aromatic rings. The first kappa shape index (κ1) is 21.6. The first-order valence-corrected chi connectivity index (χ1v) is 12.7. The zero-order chi connectivity index (χ0) is 20.1. The molecule has 0 aromatic heterocycles. The molecule has 0 spiro atoms. The maximum atomic E-state index is 10.6. The highest BCUT2D eigenvalue weighted by molar-refractivity contribution is 5.18. The summed E-state index contributed by atoms with van der Waals surface area (Å²) >= 11 is 0. The van der Waals surface area contributed by atoms with Crippen LogP contribution < -0.4 is 0 Å². The normalized spacial score (nSPS) is 36.4. The molecule has 3 aliphatic carbocycles. The van der Waals surface area contributed by atoms with Crippen LogP contribution in [0.5, 0.6) is 0 Å². The Balaban J connectivity index is 1.20. The van der Waals surface area contributed by atoms with E-state index >= 15 is 0 Å². The van der Waals surface area contributed by atoms with Gasteiger partial charge in [-0.15, -0.1) is 0 Å². The van der Waals surface area contributed by atoms with Crippen molar-refractivity contribution in [2.24, 2.45) is 23.7 Å². The number of likely N-dealkylation sites (tertiary alicyclic amines) is 1. The Labute approximate surface area is 178 Å². The molecule has 0 amide bonds. The Morgan fingerprint density at radius 3 is 2.59 bits per heavy atom. The van der Waals surface area contributed by atoms with Gasteiger partial charge in [0.25, 0.3) is 0 Å². The van der Waals surface area contributed by atoms with E-state index in [0.29, 0.717) is 17.8 Å². The van der Waals surface area contributed by atoms with Gasteiger partial charge in [-0.2, -0.15) is 0 Å². The highest BCUT2D eigenvalue weighted by atomic mass is 16.3. The molecule has 0 radical (unpaired) electrons. The lowest BCUT2D eigenvalue weighted by molar-refractivity contribution is 0.135. The number of nitrogens with zero attached hydrogens (tertiary/aromatic N) is 1. The van der Waals surface area contributed by atoms with Crippen LogP contribution in [0.2, 0.25) is 0 Å². The van der Waals surface area contributed by atoms with E-state index in [1.54, 1.807) is 5.57 Å². The topological polar surface area (TPSA) is 43.7 Å². The zero-order valence-corrected chi connectivity index (χ0v) is 18.4. The minimum atomic E-state index is -0.305. The van der Waals surface area contributed by atoms with Crippen LogP contribution in [0.25, 0.3) is 0 Å². The molecular formula is C26H43NO2. The zero-order valence-electron chi connectivity index (χ0n) is 18.4. The van der Waals surface area contributed by atoms with Crippen LogP contribution in [-0.4, -0.2) is 47.0 Å². The largest absolute Gasteiger partial charge is 0.392 e. The third-order valence-electron chi connectivity index (χ3n) is 8.33. The molecule has 3 nitrogen and oxygen atoms in total. The average molecular weight is 402 g/mol. The van der Waals surface area contributed by atoms with Gasteiger partial charge in [-0.1, -0.05) is 43.1 Å². The molecule has 2 N–H and O–H groups in total. The van der Waals surface area contributed by atoms with Crippen molar-refractivity contribution in [1.82, 2.24) is 4.90 Å². The van der Waals surface area contributed by atoms with Crippen LogP contribution >= 0.6 is 0 Å². The van der Waals surface area contributed by atoms with Gasteiger partial charge in [-0.05, 0) is 102 Å². The predicted octanol–water partition coefficient (Wildman–Crippen LogP) is 5.08. The van der Waals surface area contributed by atoms with Crippen LogP contribution in [0.3, 0.4) is 0 Å². The summed E-state index contributed by atoms with van der Waals surface area (Å²) in [5, 5.41) is 21.0. The SMILES string of the molecule is O[C@H](/C=C/[C@@H]1[C@H]2C/C(=C/CCCCN3CCCCC3)C[C@H]2C[C@H]1O)C1CCCC1. The fraction of sp³-hybridized carbons (Fsp3) is 0.846. The van der Waals surface area contributed by atoms with E-state index < -0.39 is 0 Å². The summed E-state index contributed by atoms with van der Waals surface area (Å²) in [5.74, 6) is 1.95. The molecule has 29 heavy (non-hydrogen) atoms. The summed E-state index contributed by atoms with van der Waals surface area (Å²) in [7, 11) is 0. The molecule has 3 saturated carbocycles. The van der Waals surface area contributed by atoms with E-state index in [4.69, 9.17) is 0 Å². The Hall–Kier alpha value is -0.640. The van der Waals surface area contributed by atoms with Crippen LogP contribution in [0, 0.1) is 23.7 Å². The molecule has 5 atom stereocenters. The van der Waals surface area contributed by atoms with Gasteiger partial charge in [-0.3, -0.25) is 0 Å². The molecular weight excluding hydrogens is 358 g/mol. The third kappa shape index (κ3) is 5.74. The summed E-state index contributed by atoms with van der Waals surface area (Å²) in [6.45, 7) is 3.92.